The highest BCUT2D eigenvalue weighted by Gasteiger charge is 2.08. The van der Waals surface area contributed by atoms with E-state index in [4.69, 9.17) is 5.73 Å². The summed E-state index contributed by atoms with van der Waals surface area (Å²) < 4.78 is 0. The van der Waals surface area contributed by atoms with Gasteiger partial charge >= 0.3 is 0 Å². The van der Waals surface area contributed by atoms with Crippen molar-refractivity contribution in [1.82, 2.24) is 15.0 Å². The molecule has 7 nitrogen and oxygen atoms in total. The van der Waals surface area contributed by atoms with Crippen LogP contribution in [0, 0.1) is 6.92 Å². The lowest BCUT2D eigenvalue weighted by molar-refractivity contribution is 0.112. The molecule has 24 heavy (non-hydrogen) atoms. The molecule has 0 aliphatic rings. The van der Waals surface area contributed by atoms with Crippen molar-refractivity contribution in [2.24, 2.45) is 0 Å². The highest BCUT2D eigenvalue weighted by molar-refractivity contribution is 5.76. The molecule has 0 saturated carbocycles. The molecule has 0 aliphatic heterocycles. The topological polar surface area (TPSA) is 114 Å². The van der Waals surface area contributed by atoms with Crippen LogP contribution in [0.2, 0.25) is 0 Å². The molecule has 0 bridgehead atoms. The lowest BCUT2D eigenvalue weighted by Crippen LogP contribution is -2.05. The van der Waals surface area contributed by atoms with Crippen LogP contribution in [0.3, 0.4) is 0 Å². The Morgan fingerprint density at radius 3 is 2.50 bits per heavy atom. The predicted molar refractivity (Wildman–Crippen MR) is 91.2 cm³/mol. The Bertz CT molecular complexity index is 894. The quantitative estimate of drug-likeness (QED) is 0.500. The molecule has 3 rings (SSSR count). The summed E-state index contributed by atoms with van der Waals surface area (Å²) in [4.78, 5) is 23.3. The van der Waals surface area contributed by atoms with Gasteiger partial charge in [0.05, 0.1) is 0 Å². The fourth-order valence-electron chi connectivity index (χ4n) is 2.15. The van der Waals surface area contributed by atoms with Crippen molar-refractivity contribution >= 4 is 23.9 Å². The van der Waals surface area contributed by atoms with E-state index >= 15 is 0 Å². The third-order valence-corrected chi connectivity index (χ3v) is 3.41. The Kier molecular flexibility index (Phi) is 4.07. The molecule has 0 saturated heterocycles. The van der Waals surface area contributed by atoms with Gasteiger partial charge in [0.15, 0.2) is 5.82 Å². The Balaban J connectivity index is 1.93. The highest BCUT2D eigenvalue weighted by atomic mass is 16.3. The first-order chi connectivity index (χ1) is 11.5. The first kappa shape index (κ1) is 15.4. The van der Waals surface area contributed by atoms with Gasteiger partial charge in [0.2, 0.25) is 11.9 Å². The van der Waals surface area contributed by atoms with E-state index in [2.05, 4.69) is 20.3 Å². The molecule has 0 unspecified atom stereocenters. The molecular weight excluding hydrogens is 306 g/mol. The molecular formula is C17H15N5O2. The molecule has 0 amide bonds. The Hall–Kier alpha value is -3.48. The number of aromatic hydroxyl groups is 1. The first-order valence-corrected chi connectivity index (χ1v) is 7.19. The summed E-state index contributed by atoms with van der Waals surface area (Å²) in [6.07, 6.45) is 0.770. The van der Waals surface area contributed by atoms with Gasteiger partial charge in [-0.2, -0.15) is 15.0 Å². The molecule has 0 atom stereocenters. The van der Waals surface area contributed by atoms with Crippen LogP contribution >= 0.6 is 0 Å². The number of carbonyl (C=O) groups excluding carboxylic acids is 1. The number of hydrogen-bond donors (Lipinski definition) is 3. The number of rotatable bonds is 4. The third kappa shape index (κ3) is 3.30. The van der Waals surface area contributed by atoms with E-state index in [1.807, 2.05) is 0 Å². The van der Waals surface area contributed by atoms with Gasteiger partial charge in [-0.3, -0.25) is 4.79 Å². The van der Waals surface area contributed by atoms with E-state index in [0.29, 0.717) is 17.3 Å². The van der Waals surface area contributed by atoms with Crippen LogP contribution in [0.25, 0.3) is 11.4 Å². The molecule has 0 spiro atoms. The van der Waals surface area contributed by atoms with E-state index in [-0.39, 0.29) is 11.7 Å². The maximum atomic E-state index is 10.7. The van der Waals surface area contributed by atoms with Crippen LogP contribution in [-0.4, -0.2) is 26.3 Å². The summed E-state index contributed by atoms with van der Waals surface area (Å²) in [6.45, 7) is 1.79. The van der Waals surface area contributed by atoms with Crippen molar-refractivity contribution in [3.63, 3.8) is 0 Å². The van der Waals surface area contributed by atoms with E-state index in [9.17, 15) is 9.90 Å². The van der Waals surface area contributed by atoms with Gasteiger partial charge in [-0.15, -0.1) is 0 Å². The van der Waals surface area contributed by atoms with Crippen LogP contribution in [0.5, 0.6) is 5.75 Å². The van der Waals surface area contributed by atoms with Gasteiger partial charge in [0.25, 0.3) is 0 Å². The molecule has 120 valence electrons. The molecule has 4 N–H and O–H groups in total. The Morgan fingerprint density at radius 2 is 1.83 bits per heavy atom. The number of aryl methyl sites for hydroxylation is 1. The van der Waals surface area contributed by atoms with Crippen molar-refractivity contribution in [2.75, 3.05) is 11.1 Å². The van der Waals surface area contributed by atoms with Crippen molar-refractivity contribution in [2.45, 2.75) is 6.92 Å². The van der Waals surface area contributed by atoms with Gasteiger partial charge in [0, 0.05) is 16.8 Å². The summed E-state index contributed by atoms with van der Waals surface area (Å²) >= 11 is 0. The molecule has 7 heteroatoms. The number of nitrogens with zero attached hydrogens (tertiary/aromatic N) is 3. The third-order valence-electron chi connectivity index (χ3n) is 3.41. The zero-order valence-electron chi connectivity index (χ0n) is 12.9. The largest absolute Gasteiger partial charge is 0.508 e. The monoisotopic (exact) mass is 321 g/mol. The summed E-state index contributed by atoms with van der Waals surface area (Å²) in [5.74, 6) is 0.990. The smallest absolute Gasteiger partial charge is 0.232 e. The van der Waals surface area contributed by atoms with Crippen molar-refractivity contribution < 1.29 is 9.90 Å². The fourth-order valence-corrected chi connectivity index (χ4v) is 2.15. The number of benzene rings is 2. The number of aromatic nitrogens is 3. The van der Waals surface area contributed by atoms with E-state index in [1.54, 1.807) is 49.4 Å². The molecule has 3 aromatic rings. The minimum atomic E-state index is 0.0810. The van der Waals surface area contributed by atoms with Crippen LogP contribution in [0.4, 0.5) is 17.6 Å². The second-order valence-corrected chi connectivity index (χ2v) is 5.21. The number of nitrogens with one attached hydrogen (secondary N) is 1. The summed E-state index contributed by atoms with van der Waals surface area (Å²) in [6, 6.07) is 11.9. The first-order valence-electron chi connectivity index (χ1n) is 7.19. The van der Waals surface area contributed by atoms with Crippen molar-refractivity contribution in [3.05, 3.63) is 53.6 Å². The van der Waals surface area contributed by atoms with E-state index in [1.165, 1.54) is 0 Å². The molecule has 2 aromatic carbocycles. The van der Waals surface area contributed by atoms with Crippen LogP contribution in [0.15, 0.2) is 42.5 Å². The van der Waals surface area contributed by atoms with Crippen molar-refractivity contribution in [3.8, 4) is 17.1 Å². The van der Waals surface area contributed by atoms with Gasteiger partial charge in [-0.25, -0.2) is 0 Å². The number of nitrogen functional groups attached to an aromatic ring is 1. The zero-order chi connectivity index (χ0) is 17.1. The van der Waals surface area contributed by atoms with Crippen LogP contribution in [-0.2, 0) is 0 Å². The standard InChI is InChI=1S/C17H15N5O2/c1-10-8-13(6-7-14(10)24)19-17-21-15(20-16(18)22-17)12-4-2-11(9-23)3-5-12/h2-9,24H,1H3,(H3,18,19,20,21,22). The normalized spacial score (nSPS) is 10.4. The molecule has 0 fully saturated rings. The SMILES string of the molecule is Cc1cc(Nc2nc(N)nc(-c3ccc(C=O)cc3)n2)ccc1O. The lowest BCUT2D eigenvalue weighted by atomic mass is 10.1. The number of hydrogen-bond acceptors (Lipinski definition) is 7. The molecule has 1 aromatic heterocycles. The van der Waals surface area contributed by atoms with Crippen LogP contribution < -0.4 is 11.1 Å². The van der Waals surface area contributed by atoms with Gasteiger partial charge in [-0.1, -0.05) is 24.3 Å². The van der Waals surface area contributed by atoms with E-state index in [0.717, 1.165) is 23.1 Å². The second-order valence-electron chi connectivity index (χ2n) is 5.21. The average molecular weight is 321 g/mol. The second kappa shape index (κ2) is 6.33. The average Bonchev–Trinajstić information content (AvgIpc) is 2.58. The molecule has 0 radical (unpaired) electrons. The Labute approximate surface area is 138 Å². The number of nitrogens with two attached hydrogens (primary N) is 1. The van der Waals surface area contributed by atoms with Gasteiger partial charge in [0.1, 0.15) is 12.0 Å². The lowest BCUT2D eigenvalue weighted by Gasteiger charge is -2.09. The minimum Gasteiger partial charge on any atom is -0.508 e. The van der Waals surface area contributed by atoms with Gasteiger partial charge in [-0.05, 0) is 30.7 Å². The summed E-state index contributed by atoms with van der Waals surface area (Å²) in [5, 5.41) is 12.6. The zero-order valence-corrected chi connectivity index (χ0v) is 12.9. The number of phenols is 1. The van der Waals surface area contributed by atoms with Crippen LogP contribution in [0.1, 0.15) is 15.9 Å². The Morgan fingerprint density at radius 1 is 1.08 bits per heavy atom. The maximum absolute atomic E-state index is 10.7. The number of aldehydes is 1. The highest BCUT2D eigenvalue weighted by Crippen LogP contribution is 2.23. The number of anilines is 3. The molecule has 0 aliphatic carbocycles. The predicted octanol–water partition coefficient (Wildman–Crippen LogP) is 2.69. The van der Waals surface area contributed by atoms with Gasteiger partial charge < -0.3 is 16.2 Å². The van der Waals surface area contributed by atoms with Crippen molar-refractivity contribution in [1.29, 1.82) is 0 Å². The summed E-state index contributed by atoms with van der Waals surface area (Å²) in [7, 11) is 0. The number of phenolic OH excluding ortho intramolecular Hbond substituents is 1. The minimum absolute atomic E-state index is 0.0810. The number of carbonyl (C=O) groups is 1. The molecule has 1 heterocycles. The fraction of sp³-hybridized carbons (Fsp3) is 0.0588. The maximum Gasteiger partial charge on any atom is 0.232 e. The summed E-state index contributed by atoms with van der Waals surface area (Å²) in [5.41, 5.74) is 8.50. The van der Waals surface area contributed by atoms with E-state index < -0.39 is 0 Å².